The number of rotatable bonds is 3. The molecule has 2 aromatic heterocycles. The van der Waals surface area contributed by atoms with E-state index in [1.807, 2.05) is 6.07 Å². The number of halogens is 6. The van der Waals surface area contributed by atoms with Crippen molar-refractivity contribution in [2.75, 3.05) is 0 Å². The molecule has 4 rings (SSSR count). The van der Waals surface area contributed by atoms with Crippen LogP contribution in [0.4, 0.5) is 37.7 Å². The predicted molar refractivity (Wildman–Crippen MR) is 126 cm³/mol. The van der Waals surface area contributed by atoms with Crippen LogP contribution in [0.15, 0.2) is 48.5 Å². The highest BCUT2D eigenvalue weighted by atomic mass is 19.4. The molecule has 42 heavy (non-hydrogen) atoms. The van der Waals surface area contributed by atoms with Crippen molar-refractivity contribution in [1.82, 2.24) is 9.97 Å². The van der Waals surface area contributed by atoms with Gasteiger partial charge in [0, 0.05) is 35.0 Å². The Morgan fingerprint density at radius 1 is 0.786 bits per heavy atom. The SMILES string of the molecule is N#Cc1cc2ccc([N+](=O)[O-])cc2[nH]1.NC(=O)c1cc2ccc([N+](=O)[O-])cc2[nH]1.O=C(OC(=O)C(F)(F)F)C(F)(F)F. The van der Waals surface area contributed by atoms with Crippen molar-refractivity contribution in [3.05, 3.63) is 80.1 Å². The highest BCUT2D eigenvalue weighted by molar-refractivity contribution is 5.97. The van der Waals surface area contributed by atoms with E-state index in [4.69, 9.17) is 11.0 Å². The number of primary amides is 1. The number of nitrogens with one attached hydrogen (secondary N) is 2. The van der Waals surface area contributed by atoms with Crippen LogP contribution in [-0.2, 0) is 14.3 Å². The Labute approximate surface area is 226 Å². The van der Waals surface area contributed by atoms with Crippen LogP contribution < -0.4 is 5.73 Å². The molecule has 1 amide bonds. The van der Waals surface area contributed by atoms with Crippen molar-refractivity contribution >= 4 is 51.0 Å². The van der Waals surface area contributed by atoms with Crippen LogP contribution in [-0.4, -0.2) is 50.0 Å². The third kappa shape index (κ3) is 8.50. The number of carbonyl (C=O) groups excluding carboxylic acids is 3. The molecule has 14 nitrogen and oxygen atoms in total. The van der Waals surface area contributed by atoms with Gasteiger partial charge in [0.2, 0.25) is 0 Å². The second kappa shape index (κ2) is 12.5. The summed E-state index contributed by atoms with van der Waals surface area (Å²) >= 11 is 0. The summed E-state index contributed by atoms with van der Waals surface area (Å²) in [6, 6.07) is 13.9. The average Bonchev–Trinajstić information content (AvgIpc) is 3.51. The zero-order valence-electron chi connectivity index (χ0n) is 20.1. The Morgan fingerprint density at radius 2 is 1.21 bits per heavy atom. The molecule has 2 heterocycles. The quantitative estimate of drug-likeness (QED) is 0.0996. The summed E-state index contributed by atoms with van der Waals surface area (Å²) in [7, 11) is 0. The van der Waals surface area contributed by atoms with E-state index in [1.54, 1.807) is 24.3 Å². The van der Waals surface area contributed by atoms with Gasteiger partial charge < -0.3 is 20.4 Å². The zero-order chi connectivity index (χ0) is 32.0. The minimum absolute atomic E-state index is 0.0174. The zero-order valence-corrected chi connectivity index (χ0v) is 20.1. The van der Waals surface area contributed by atoms with E-state index in [0.29, 0.717) is 16.7 Å². The van der Waals surface area contributed by atoms with Crippen molar-refractivity contribution in [1.29, 1.82) is 5.26 Å². The summed E-state index contributed by atoms with van der Waals surface area (Å²) in [4.78, 5) is 55.6. The molecule has 0 radical (unpaired) electrons. The van der Waals surface area contributed by atoms with Crippen molar-refractivity contribution in [3.8, 4) is 6.07 Å². The summed E-state index contributed by atoms with van der Waals surface area (Å²) in [5.74, 6) is -6.99. The monoisotopic (exact) mass is 602 g/mol. The summed E-state index contributed by atoms with van der Waals surface area (Å²) < 4.78 is 69.7. The van der Waals surface area contributed by atoms with Gasteiger partial charge in [-0.25, -0.2) is 9.59 Å². The number of hydrogen-bond acceptors (Lipinski definition) is 9. The summed E-state index contributed by atoms with van der Waals surface area (Å²) in [5, 5.41) is 31.1. The maximum atomic E-state index is 11.2. The number of esters is 2. The smallest absolute Gasteiger partial charge is 0.380 e. The van der Waals surface area contributed by atoms with Crippen LogP contribution in [0.2, 0.25) is 0 Å². The molecular weight excluding hydrogens is 590 g/mol. The molecule has 0 spiro atoms. The van der Waals surface area contributed by atoms with E-state index in [2.05, 4.69) is 14.7 Å². The minimum Gasteiger partial charge on any atom is -0.380 e. The lowest BCUT2D eigenvalue weighted by Crippen LogP contribution is -2.34. The van der Waals surface area contributed by atoms with Gasteiger partial charge >= 0.3 is 24.3 Å². The number of nitrogens with two attached hydrogens (primary N) is 1. The van der Waals surface area contributed by atoms with Gasteiger partial charge in [0.05, 0.1) is 20.9 Å². The molecule has 0 bridgehead atoms. The van der Waals surface area contributed by atoms with Gasteiger partial charge in [-0.1, -0.05) is 0 Å². The Hall–Kier alpha value is -6.00. The number of nitro benzene ring substituents is 2. The first kappa shape index (κ1) is 32.2. The molecule has 0 fully saturated rings. The number of fused-ring (bicyclic) bond motifs is 2. The molecule has 0 unspecified atom stereocenters. The van der Waals surface area contributed by atoms with Crippen LogP contribution in [0, 0.1) is 31.6 Å². The molecule has 0 saturated heterocycles. The van der Waals surface area contributed by atoms with Gasteiger partial charge in [-0.3, -0.25) is 25.0 Å². The number of nitro groups is 2. The number of nitriles is 1. The molecule has 0 saturated carbocycles. The van der Waals surface area contributed by atoms with Crippen molar-refractivity contribution < 1.29 is 55.3 Å². The summed E-state index contributed by atoms with van der Waals surface area (Å²) in [5.41, 5.74) is 6.84. The molecule has 220 valence electrons. The molecule has 0 atom stereocenters. The maximum absolute atomic E-state index is 11.2. The number of carbonyl (C=O) groups is 3. The lowest BCUT2D eigenvalue weighted by atomic mass is 10.2. The summed E-state index contributed by atoms with van der Waals surface area (Å²) in [6.07, 6.45) is -11.2. The second-order valence-electron chi connectivity index (χ2n) is 7.57. The predicted octanol–water partition coefficient (Wildman–Crippen LogP) is 4.30. The van der Waals surface area contributed by atoms with E-state index >= 15 is 0 Å². The fourth-order valence-corrected chi connectivity index (χ4v) is 2.85. The first-order valence-corrected chi connectivity index (χ1v) is 10.5. The summed E-state index contributed by atoms with van der Waals surface area (Å²) in [6.45, 7) is 0. The van der Waals surface area contributed by atoms with Gasteiger partial charge in [0.25, 0.3) is 17.3 Å². The average molecular weight is 602 g/mol. The van der Waals surface area contributed by atoms with Crippen LogP contribution in [0.25, 0.3) is 21.8 Å². The number of hydrogen-bond donors (Lipinski definition) is 3. The van der Waals surface area contributed by atoms with Crippen LogP contribution in [0.3, 0.4) is 0 Å². The third-order valence-corrected chi connectivity index (χ3v) is 4.67. The van der Waals surface area contributed by atoms with E-state index in [0.717, 1.165) is 10.8 Å². The van der Waals surface area contributed by atoms with E-state index < -0.39 is 40.0 Å². The van der Waals surface area contributed by atoms with Gasteiger partial charge in [0.15, 0.2) is 0 Å². The fourth-order valence-electron chi connectivity index (χ4n) is 2.85. The molecule has 4 aromatic rings. The van der Waals surface area contributed by atoms with Crippen LogP contribution in [0.1, 0.15) is 16.2 Å². The van der Waals surface area contributed by atoms with E-state index in [-0.39, 0.29) is 17.1 Å². The second-order valence-corrected chi connectivity index (χ2v) is 7.57. The fraction of sp³-hybridized carbons (Fsp3) is 0.0909. The van der Waals surface area contributed by atoms with E-state index in [1.165, 1.54) is 24.3 Å². The number of amides is 1. The maximum Gasteiger partial charge on any atom is 0.491 e. The molecular formula is C22H12F6N6O8. The van der Waals surface area contributed by atoms with Gasteiger partial charge in [-0.2, -0.15) is 31.6 Å². The largest absolute Gasteiger partial charge is 0.491 e. The number of aromatic nitrogens is 2. The number of alkyl halides is 6. The number of non-ortho nitro benzene ring substituents is 2. The van der Waals surface area contributed by atoms with Gasteiger partial charge in [-0.15, -0.1) is 0 Å². The first-order valence-electron chi connectivity index (χ1n) is 10.5. The number of benzene rings is 2. The van der Waals surface area contributed by atoms with Crippen LogP contribution in [0.5, 0.6) is 0 Å². The lowest BCUT2D eigenvalue weighted by molar-refractivity contribution is -0.384. The Morgan fingerprint density at radius 3 is 1.60 bits per heavy atom. The van der Waals surface area contributed by atoms with E-state index in [9.17, 15) is 61.0 Å². The van der Waals surface area contributed by atoms with Gasteiger partial charge in [0.1, 0.15) is 17.5 Å². The topological polar surface area (TPSA) is 228 Å². The van der Waals surface area contributed by atoms with Gasteiger partial charge in [-0.05, 0) is 24.3 Å². The Kier molecular flexibility index (Phi) is 9.55. The number of aromatic amines is 2. The minimum atomic E-state index is -5.62. The number of nitrogens with zero attached hydrogens (tertiary/aromatic N) is 3. The third-order valence-electron chi connectivity index (χ3n) is 4.67. The highest BCUT2D eigenvalue weighted by Gasteiger charge is 2.49. The lowest BCUT2D eigenvalue weighted by Gasteiger charge is -2.06. The highest BCUT2D eigenvalue weighted by Crippen LogP contribution is 2.23. The molecule has 20 heteroatoms. The standard InChI is InChI=1S/C9H7N3O3.C9H5N3O2.C4F6O3/c10-9(13)8-3-5-1-2-6(12(14)15)4-7(5)11-8;10-5-7-3-6-1-2-8(12(13)14)4-9(6)11-7;5-3(6,7)1(11)13-2(12)4(8,9)10/h1-4,11H,(H2,10,13);1-4,11H;. The van der Waals surface area contributed by atoms with Crippen LogP contribution >= 0.6 is 0 Å². The molecule has 4 N–H and O–H groups in total. The molecule has 0 aliphatic rings. The number of H-pyrrole nitrogens is 2. The Balaban J connectivity index is 0.000000221. The normalized spacial score (nSPS) is 10.9. The van der Waals surface area contributed by atoms with Crippen molar-refractivity contribution in [2.24, 2.45) is 5.73 Å². The molecule has 0 aliphatic carbocycles. The Bertz CT molecular complexity index is 1700. The van der Waals surface area contributed by atoms with Crippen molar-refractivity contribution in [2.45, 2.75) is 12.4 Å². The molecule has 0 aliphatic heterocycles. The first-order chi connectivity index (χ1) is 19.3. The number of ether oxygens (including phenoxy) is 1. The van der Waals surface area contributed by atoms with Crippen molar-refractivity contribution in [3.63, 3.8) is 0 Å². The molecule has 2 aromatic carbocycles.